The summed E-state index contributed by atoms with van der Waals surface area (Å²) in [5.74, 6) is 1.86. The maximum atomic E-state index is 6.27. The maximum Gasteiger partial charge on any atom is 0.224 e. The Bertz CT molecular complexity index is 882. The lowest BCUT2D eigenvalue weighted by Gasteiger charge is -2.14. The molecule has 134 valence electrons. The van der Waals surface area contributed by atoms with Crippen LogP contribution >= 0.6 is 23.2 Å². The number of anilines is 3. The number of nitrogens with zero attached hydrogens (tertiary/aromatic N) is 3. The highest BCUT2D eigenvalue weighted by molar-refractivity contribution is 6.33. The highest BCUT2D eigenvalue weighted by Gasteiger charge is 2.10. The molecule has 2 N–H and O–H groups in total. The van der Waals surface area contributed by atoms with Gasteiger partial charge in [-0.05, 0) is 42.3 Å². The predicted molar refractivity (Wildman–Crippen MR) is 105 cm³/mol. The van der Waals surface area contributed by atoms with Crippen LogP contribution in [0.5, 0.6) is 5.75 Å². The van der Waals surface area contributed by atoms with Crippen LogP contribution in [0, 0.1) is 6.92 Å². The van der Waals surface area contributed by atoms with Crippen molar-refractivity contribution in [3.8, 4) is 5.75 Å². The topological polar surface area (TPSA) is 72.0 Å². The van der Waals surface area contributed by atoms with Gasteiger partial charge in [0, 0.05) is 18.3 Å². The van der Waals surface area contributed by atoms with Crippen LogP contribution in [0.15, 0.2) is 42.7 Å². The van der Waals surface area contributed by atoms with Crippen LogP contribution in [-0.4, -0.2) is 22.1 Å². The first kappa shape index (κ1) is 18.2. The molecule has 0 aliphatic rings. The molecule has 3 rings (SSSR count). The highest BCUT2D eigenvalue weighted by Crippen LogP contribution is 2.27. The largest absolute Gasteiger partial charge is 0.495 e. The Hall–Kier alpha value is -2.57. The van der Waals surface area contributed by atoms with Gasteiger partial charge in [-0.2, -0.15) is 0 Å². The third-order valence-electron chi connectivity index (χ3n) is 3.73. The first-order chi connectivity index (χ1) is 12.6. The van der Waals surface area contributed by atoms with E-state index in [4.69, 9.17) is 27.9 Å². The first-order valence-corrected chi connectivity index (χ1v) is 8.60. The summed E-state index contributed by atoms with van der Waals surface area (Å²) in [5.41, 5.74) is 2.75. The van der Waals surface area contributed by atoms with E-state index in [0.717, 1.165) is 16.8 Å². The summed E-state index contributed by atoms with van der Waals surface area (Å²) >= 11 is 12.2. The molecule has 0 spiro atoms. The summed E-state index contributed by atoms with van der Waals surface area (Å²) in [4.78, 5) is 12.6. The molecule has 0 unspecified atom stereocenters. The van der Waals surface area contributed by atoms with Gasteiger partial charge < -0.3 is 15.4 Å². The van der Waals surface area contributed by atoms with E-state index in [1.807, 2.05) is 31.2 Å². The number of nitrogens with one attached hydrogen (secondary N) is 2. The van der Waals surface area contributed by atoms with Crippen LogP contribution in [0.1, 0.15) is 11.1 Å². The Morgan fingerprint density at radius 2 is 1.92 bits per heavy atom. The fourth-order valence-electron chi connectivity index (χ4n) is 2.36. The lowest BCUT2D eigenvalue weighted by atomic mass is 10.2. The van der Waals surface area contributed by atoms with Crippen molar-refractivity contribution in [3.05, 3.63) is 64.2 Å². The van der Waals surface area contributed by atoms with Gasteiger partial charge in [-0.1, -0.05) is 23.7 Å². The predicted octanol–water partition coefficient (Wildman–Crippen LogP) is 4.85. The molecule has 2 heterocycles. The van der Waals surface area contributed by atoms with Crippen LogP contribution in [0.2, 0.25) is 10.3 Å². The van der Waals surface area contributed by atoms with Crippen molar-refractivity contribution in [1.29, 1.82) is 0 Å². The molecule has 3 aromatic rings. The number of ether oxygens (including phenoxy) is 1. The van der Waals surface area contributed by atoms with Gasteiger partial charge in [0.05, 0.1) is 24.0 Å². The SMILES string of the molecule is COc1ccc(Nc2nc(Cl)ncc2CNc2c(C)cccc2Cl)nc1. The summed E-state index contributed by atoms with van der Waals surface area (Å²) in [6.45, 7) is 2.47. The highest BCUT2D eigenvalue weighted by atomic mass is 35.5. The van der Waals surface area contributed by atoms with Crippen molar-refractivity contribution in [2.45, 2.75) is 13.5 Å². The number of hydrogen-bond acceptors (Lipinski definition) is 6. The Morgan fingerprint density at radius 1 is 1.08 bits per heavy atom. The zero-order valence-corrected chi connectivity index (χ0v) is 15.8. The van der Waals surface area contributed by atoms with Gasteiger partial charge in [-0.3, -0.25) is 0 Å². The van der Waals surface area contributed by atoms with E-state index in [9.17, 15) is 0 Å². The molecule has 0 aliphatic heterocycles. The monoisotopic (exact) mass is 389 g/mol. The molecule has 0 radical (unpaired) electrons. The van der Waals surface area contributed by atoms with Crippen LogP contribution in [0.4, 0.5) is 17.3 Å². The number of rotatable bonds is 6. The van der Waals surface area contributed by atoms with Crippen LogP contribution in [-0.2, 0) is 6.54 Å². The Morgan fingerprint density at radius 3 is 2.62 bits per heavy atom. The van der Waals surface area contributed by atoms with Crippen LogP contribution in [0.3, 0.4) is 0 Å². The van der Waals surface area contributed by atoms with Crippen molar-refractivity contribution < 1.29 is 4.74 Å². The minimum absolute atomic E-state index is 0.152. The normalized spacial score (nSPS) is 10.5. The molecule has 0 saturated carbocycles. The van der Waals surface area contributed by atoms with E-state index >= 15 is 0 Å². The summed E-state index contributed by atoms with van der Waals surface area (Å²) < 4.78 is 5.11. The number of para-hydroxylation sites is 1. The van der Waals surface area contributed by atoms with Gasteiger partial charge >= 0.3 is 0 Å². The molecule has 0 bridgehead atoms. The van der Waals surface area contributed by atoms with Crippen LogP contribution < -0.4 is 15.4 Å². The zero-order valence-electron chi connectivity index (χ0n) is 14.3. The molecule has 0 amide bonds. The summed E-state index contributed by atoms with van der Waals surface area (Å²) in [5, 5.41) is 7.29. The smallest absolute Gasteiger partial charge is 0.224 e. The average molecular weight is 390 g/mol. The number of aromatic nitrogens is 3. The third-order valence-corrected chi connectivity index (χ3v) is 4.23. The maximum absolute atomic E-state index is 6.27. The first-order valence-electron chi connectivity index (χ1n) is 7.84. The minimum atomic E-state index is 0.152. The van der Waals surface area contributed by atoms with Crippen molar-refractivity contribution in [1.82, 2.24) is 15.0 Å². The van der Waals surface area contributed by atoms with Crippen molar-refractivity contribution >= 4 is 40.5 Å². The Kier molecular flexibility index (Phi) is 5.75. The van der Waals surface area contributed by atoms with E-state index in [-0.39, 0.29) is 5.28 Å². The van der Waals surface area contributed by atoms with Gasteiger partial charge in [-0.15, -0.1) is 0 Å². The van der Waals surface area contributed by atoms with Crippen molar-refractivity contribution in [2.75, 3.05) is 17.7 Å². The molecular formula is C18H17Cl2N5O. The fourth-order valence-corrected chi connectivity index (χ4v) is 2.78. The molecule has 0 saturated heterocycles. The zero-order chi connectivity index (χ0) is 18.5. The second-order valence-corrected chi connectivity index (χ2v) is 6.25. The van der Waals surface area contributed by atoms with Gasteiger partial charge in [-0.25, -0.2) is 15.0 Å². The summed E-state index contributed by atoms with van der Waals surface area (Å²) in [7, 11) is 1.59. The number of halogens is 2. The average Bonchev–Trinajstić information content (AvgIpc) is 2.63. The molecule has 26 heavy (non-hydrogen) atoms. The number of hydrogen-bond donors (Lipinski definition) is 2. The standard InChI is InChI=1S/C18H17Cl2N5O/c1-11-4-3-5-14(19)16(11)22-8-12-9-23-18(20)25-17(12)24-15-7-6-13(26-2)10-21-15/h3-7,9-10,22H,8H2,1-2H3,(H,21,23,24,25). The molecule has 0 atom stereocenters. The second-order valence-electron chi connectivity index (χ2n) is 5.51. The molecular weight excluding hydrogens is 373 g/mol. The summed E-state index contributed by atoms with van der Waals surface area (Å²) in [6, 6.07) is 9.35. The molecule has 0 aliphatic carbocycles. The fraction of sp³-hybridized carbons (Fsp3) is 0.167. The number of methoxy groups -OCH3 is 1. The third kappa shape index (κ3) is 4.33. The Balaban J connectivity index is 1.81. The van der Waals surface area contributed by atoms with Gasteiger partial charge in [0.25, 0.3) is 0 Å². The van der Waals surface area contributed by atoms with E-state index < -0.39 is 0 Å². The quantitative estimate of drug-likeness (QED) is 0.587. The van der Waals surface area contributed by atoms with Gasteiger partial charge in [0.1, 0.15) is 17.4 Å². The van der Waals surface area contributed by atoms with E-state index in [2.05, 4.69) is 25.6 Å². The lowest BCUT2D eigenvalue weighted by Crippen LogP contribution is -2.07. The van der Waals surface area contributed by atoms with Crippen LogP contribution in [0.25, 0.3) is 0 Å². The van der Waals surface area contributed by atoms with Gasteiger partial charge in [0.2, 0.25) is 5.28 Å². The molecule has 0 fully saturated rings. The Labute approximate surface area is 161 Å². The molecule has 6 nitrogen and oxygen atoms in total. The lowest BCUT2D eigenvalue weighted by molar-refractivity contribution is 0.413. The second kappa shape index (κ2) is 8.21. The number of benzene rings is 1. The summed E-state index contributed by atoms with van der Waals surface area (Å²) in [6.07, 6.45) is 3.29. The minimum Gasteiger partial charge on any atom is -0.495 e. The van der Waals surface area contributed by atoms with Crippen molar-refractivity contribution in [2.24, 2.45) is 0 Å². The number of pyridine rings is 1. The van der Waals surface area contributed by atoms with E-state index in [0.29, 0.717) is 29.0 Å². The molecule has 1 aromatic carbocycles. The van der Waals surface area contributed by atoms with Gasteiger partial charge in [0.15, 0.2) is 0 Å². The molecule has 8 heteroatoms. The van der Waals surface area contributed by atoms with E-state index in [1.165, 1.54) is 0 Å². The molecule has 2 aromatic heterocycles. The van der Waals surface area contributed by atoms with Crippen molar-refractivity contribution in [3.63, 3.8) is 0 Å². The van der Waals surface area contributed by atoms with E-state index in [1.54, 1.807) is 25.6 Å². The number of aryl methyl sites for hydroxylation is 1.